The van der Waals surface area contributed by atoms with Crippen LogP contribution in [0, 0.1) is 6.92 Å². The molecule has 0 saturated carbocycles. The molecule has 5 nitrogen and oxygen atoms in total. The molecule has 0 unspecified atom stereocenters. The number of nitrogens with zero attached hydrogens (tertiary/aromatic N) is 1. The van der Waals surface area contributed by atoms with Gasteiger partial charge in [-0.3, -0.25) is 4.79 Å². The van der Waals surface area contributed by atoms with E-state index in [4.69, 9.17) is 21.1 Å². The number of rotatable bonds is 8. The molecule has 0 bridgehead atoms. The molecule has 0 heterocycles. The van der Waals surface area contributed by atoms with Crippen LogP contribution in [-0.2, 0) is 6.61 Å². The molecular formula is C28H25ClN2O3. The maximum atomic E-state index is 12.4. The fourth-order valence-corrected chi connectivity index (χ4v) is 3.96. The van der Waals surface area contributed by atoms with E-state index in [1.165, 1.54) is 6.21 Å². The van der Waals surface area contributed by atoms with Gasteiger partial charge in [-0.2, -0.15) is 5.10 Å². The molecule has 4 aromatic carbocycles. The second-order valence-electron chi connectivity index (χ2n) is 7.70. The Labute approximate surface area is 204 Å². The number of hydrogen-bond donors (Lipinski definition) is 1. The van der Waals surface area contributed by atoms with E-state index in [9.17, 15) is 4.79 Å². The Bertz CT molecular complexity index is 1350. The highest BCUT2D eigenvalue weighted by Gasteiger charge is 2.14. The summed E-state index contributed by atoms with van der Waals surface area (Å²) in [6.07, 6.45) is 1.53. The second kappa shape index (κ2) is 10.9. The van der Waals surface area contributed by atoms with E-state index in [1.54, 1.807) is 18.2 Å². The monoisotopic (exact) mass is 472 g/mol. The zero-order chi connectivity index (χ0) is 23.9. The molecule has 4 aromatic rings. The maximum Gasteiger partial charge on any atom is 0.271 e. The molecule has 0 fully saturated rings. The van der Waals surface area contributed by atoms with Gasteiger partial charge in [0, 0.05) is 5.56 Å². The van der Waals surface area contributed by atoms with Crippen LogP contribution in [0.15, 0.2) is 84.0 Å². The summed E-state index contributed by atoms with van der Waals surface area (Å²) in [4.78, 5) is 12.4. The quantitative estimate of drug-likeness (QED) is 0.234. The van der Waals surface area contributed by atoms with Crippen molar-refractivity contribution < 1.29 is 14.3 Å². The van der Waals surface area contributed by atoms with Gasteiger partial charge < -0.3 is 9.47 Å². The lowest BCUT2D eigenvalue weighted by Crippen LogP contribution is -2.18. The van der Waals surface area contributed by atoms with Gasteiger partial charge in [-0.15, -0.1) is 0 Å². The number of nitrogens with one attached hydrogen (secondary N) is 1. The highest BCUT2D eigenvalue weighted by molar-refractivity contribution is 6.32. The molecule has 4 rings (SSSR count). The van der Waals surface area contributed by atoms with E-state index >= 15 is 0 Å². The molecule has 0 spiro atoms. The summed E-state index contributed by atoms with van der Waals surface area (Å²) >= 11 is 6.56. The second-order valence-corrected chi connectivity index (χ2v) is 8.11. The summed E-state index contributed by atoms with van der Waals surface area (Å²) in [7, 11) is 0. The standard InChI is InChI=1S/C28H25ClN2O3/c1-3-33-26-16-20(17-30-31-28(32)23-13-6-4-9-19(23)2)15-25(29)27(26)34-18-22-12-8-11-21-10-5-7-14-24(21)22/h4-17H,3,18H2,1-2H3,(H,31,32)/b30-17+. The molecular weight excluding hydrogens is 448 g/mol. The van der Waals surface area contributed by atoms with Crippen molar-refractivity contribution in [1.29, 1.82) is 0 Å². The van der Waals surface area contributed by atoms with Crippen molar-refractivity contribution >= 4 is 34.5 Å². The number of amides is 1. The van der Waals surface area contributed by atoms with Crippen molar-refractivity contribution in [2.24, 2.45) is 5.10 Å². The third-order valence-corrected chi connectivity index (χ3v) is 5.63. The average Bonchev–Trinajstić information content (AvgIpc) is 2.84. The van der Waals surface area contributed by atoms with Gasteiger partial charge in [0.25, 0.3) is 5.91 Å². The molecule has 0 aliphatic carbocycles. The number of hydrogen-bond acceptors (Lipinski definition) is 4. The van der Waals surface area contributed by atoms with Crippen LogP contribution in [0.5, 0.6) is 11.5 Å². The van der Waals surface area contributed by atoms with Crippen molar-refractivity contribution in [2.45, 2.75) is 20.5 Å². The zero-order valence-corrected chi connectivity index (χ0v) is 19.8. The number of hydrazone groups is 1. The summed E-state index contributed by atoms with van der Waals surface area (Å²) in [5, 5.41) is 6.76. The van der Waals surface area contributed by atoms with Crippen LogP contribution in [-0.4, -0.2) is 18.7 Å². The van der Waals surface area contributed by atoms with Gasteiger partial charge in [0.2, 0.25) is 0 Å². The Morgan fingerprint density at radius 1 is 1.00 bits per heavy atom. The first-order chi connectivity index (χ1) is 16.6. The van der Waals surface area contributed by atoms with Crippen molar-refractivity contribution in [2.75, 3.05) is 6.61 Å². The predicted octanol–water partition coefficient (Wildman–Crippen LogP) is 6.54. The number of halogens is 1. The highest BCUT2D eigenvalue weighted by atomic mass is 35.5. The molecule has 0 aliphatic rings. The predicted molar refractivity (Wildman–Crippen MR) is 137 cm³/mol. The number of benzene rings is 4. The molecule has 1 amide bonds. The topological polar surface area (TPSA) is 59.9 Å². The van der Waals surface area contributed by atoms with Gasteiger partial charge in [0.1, 0.15) is 6.61 Å². The number of fused-ring (bicyclic) bond motifs is 1. The van der Waals surface area contributed by atoms with Crippen molar-refractivity contribution in [1.82, 2.24) is 5.43 Å². The molecule has 1 N–H and O–H groups in total. The first-order valence-electron chi connectivity index (χ1n) is 11.0. The first kappa shape index (κ1) is 23.3. The smallest absolute Gasteiger partial charge is 0.271 e. The molecule has 0 aromatic heterocycles. The van der Waals surface area contributed by atoms with E-state index in [0.29, 0.717) is 40.9 Å². The van der Waals surface area contributed by atoms with Gasteiger partial charge in [0.15, 0.2) is 11.5 Å². The minimum Gasteiger partial charge on any atom is -0.490 e. The van der Waals surface area contributed by atoms with E-state index < -0.39 is 0 Å². The summed E-state index contributed by atoms with van der Waals surface area (Å²) in [5.74, 6) is 0.708. The van der Waals surface area contributed by atoms with Gasteiger partial charge >= 0.3 is 0 Å². The van der Waals surface area contributed by atoms with Crippen LogP contribution in [0.4, 0.5) is 0 Å². The Morgan fingerprint density at radius 2 is 1.76 bits per heavy atom. The minimum absolute atomic E-state index is 0.277. The van der Waals surface area contributed by atoms with Crippen molar-refractivity contribution in [3.63, 3.8) is 0 Å². The summed E-state index contributed by atoms with van der Waals surface area (Å²) < 4.78 is 11.9. The molecule has 0 radical (unpaired) electrons. The SMILES string of the molecule is CCOc1cc(/C=N/NC(=O)c2ccccc2C)cc(Cl)c1OCc1cccc2ccccc12. The highest BCUT2D eigenvalue weighted by Crippen LogP contribution is 2.37. The number of carbonyl (C=O) groups is 1. The largest absolute Gasteiger partial charge is 0.490 e. The lowest BCUT2D eigenvalue weighted by Gasteiger charge is -2.15. The van der Waals surface area contributed by atoms with Crippen molar-refractivity contribution in [3.05, 3.63) is 106 Å². The lowest BCUT2D eigenvalue weighted by atomic mass is 10.1. The average molecular weight is 473 g/mol. The Kier molecular flexibility index (Phi) is 7.45. The van der Waals surface area contributed by atoms with E-state index in [0.717, 1.165) is 21.9 Å². The normalized spacial score (nSPS) is 11.0. The van der Waals surface area contributed by atoms with Crippen LogP contribution >= 0.6 is 11.6 Å². The number of carbonyl (C=O) groups excluding carboxylic acids is 1. The summed E-state index contributed by atoms with van der Waals surface area (Å²) in [6.45, 7) is 4.57. The maximum absolute atomic E-state index is 12.4. The van der Waals surface area contributed by atoms with E-state index in [1.807, 2.05) is 56.3 Å². The Balaban J connectivity index is 1.51. The van der Waals surface area contributed by atoms with Crippen LogP contribution in [0.25, 0.3) is 10.8 Å². The fraction of sp³-hybridized carbons (Fsp3) is 0.143. The minimum atomic E-state index is -0.277. The molecule has 172 valence electrons. The summed E-state index contributed by atoms with van der Waals surface area (Å²) in [6, 6.07) is 25.1. The van der Waals surface area contributed by atoms with Gasteiger partial charge in [0.05, 0.1) is 17.8 Å². The molecule has 0 atom stereocenters. The van der Waals surface area contributed by atoms with Crippen LogP contribution in [0.1, 0.15) is 34.0 Å². The van der Waals surface area contributed by atoms with Crippen LogP contribution in [0.2, 0.25) is 5.02 Å². The molecule has 0 saturated heterocycles. The lowest BCUT2D eigenvalue weighted by molar-refractivity contribution is 0.0954. The van der Waals surface area contributed by atoms with E-state index in [-0.39, 0.29) is 5.91 Å². The first-order valence-corrected chi connectivity index (χ1v) is 11.4. The molecule has 6 heteroatoms. The number of ether oxygens (including phenoxy) is 2. The molecule has 0 aliphatic heterocycles. The third kappa shape index (κ3) is 5.38. The number of aryl methyl sites for hydroxylation is 1. The Hall–Kier alpha value is -3.83. The fourth-order valence-electron chi connectivity index (χ4n) is 3.69. The van der Waals surface area contributed by atoms with E-state index in [2.05, 4.69) is 28.7 Å². The third-order valence-electron chi connectivity index (χ3n) is 5.35. The zero-order valence-electron chi connectivity index (χ0n) is 19.0. The molecule has 34 heavy (non-hydrogen) atoms. The summed E-state index contributed by atoms with van der Waals surface area (Å²) in [5.41, 5.74) is 5.74. The van der Waals surface area contributed by atoms with Gasteiger partial charge in [-0.05, 0) is 59.5 Å². The van der Waals surface area contributed by atoms with Crippen LogP contribution < -0.4 is 14.9 Å². The van der Waals surface area contributed by atoms with Gasteiger partial charge in [-0.25, -0.2) is 5.43 Å². The Morgan fingerprint density at radius 3 is 2.59 bits per heavy atom. The van der Waals surface area contributed by atoms with Crippen LogP contribution in [0.3, 0.4) is 0 Å². The van der Waals surface area contributed by atoms with Crippen molar-refractivity contribution in [3.8, 4) is 11.5 Å². The van der Waals surface area contributed by atoms with Gasteiger partial charge in [-0.1, -0.05) is 72.3 Å².